The average molecular weight is 289 g/mol. The van der Waals surface area contributed by atoms with Gasteiger partial charge in [0.2, 0.25) is 10.0 Å². The fourth-order valence-electron chi connectivity index (χ4n) is 1.83. The number of furan rings is 1. The summed E-state index contributed by atoms with van der Waals surface area (Å²) in [5, 5.41) is 8.93. The topological polar surface area (TPSA) is 79.5 Å². The van der Waals surface area contributed by atoms with E-state index < -0.39 is 10.0 Å². The van der Waals surface area contributed by atoms with Crippen LogP contribution in [0.3, 0.4) is 0 Å². The third kappa shape index (κ3) is 4.97. The van der Waals surface area contributed by atoms with Gasteiger partial charge in [-0.1, -0.05) is 26.7 Å². The van der Waals surface area contributed by atoms with Gasteiger partial charge in [-0.05, 0) is 19.3 Å². The molecule has 0 atom stereocenters. The Kier molecular flexibility index (Phi) is 6.03. The number of sulfonamides is 1. The first-order chi connectivity index (χ1) is 8.86. The molecule has 0 aliphatic heterocycles. The quantitative estimate of drug-likeness (QED) is 0.719. The van der Waals surface area contributed by atoms with Crippen LogP contribution in [-0.4, -0.2) is 20.1 Å². The molecule has 6 heteroatoms. The summed E-state index contributed by atoms with van der Waals surface area (Å²) in [6.07, 6.45) is 2.93. The first kappa shape index (κ1) is 16.2. The van der Waals surface area contributed by atoms with E-state index >= 15 is 0 Å². The number of nitrogens with one attached hydrogen (secondary N) is 1. The Bertz CT molecular complexity index is 491. The zero-order valence-corrected chi connectivity index (χ0v) is 12.6. The summed E-state index contributed by atoms with van der Waals surface area (Å²) in [6.45, 7) is 6.00. The second kappa shape index (κ2) is 7.07. The summed E-state index contributed by atoms with van der Waals surface area (Å²) in [5.74, 6) is 1.20. The number of hydrogen-bond acceptors (Lipinski definition) is 4. The molecule has 2 N–H and O–H groups in total. The van der Waals surface area contributed by atoms with Crippen molar-refractivity contribution in [2.75, 3.05) is 6.54 Å². The zero-order chi connectivity index (χ0) is 14.5. The molecule has 0 aromatic carbocycles. The predicted octanol–water partition coefficient (Wildman–Crippen LogP) is 2.18. The van der Waals surface area contributed by atoms with Gasteiger partial charge in [-0.3, -0.25) is 0 Å². The van der Waals surface area contributed by atoms with Crippen LogP contribution >= 0.6 is 0 Å². The Hall–Kier alpha value is -0.850. The van der Waals surface area contributed by atoms with E-state index in [2.05, 4.69) is 18.6 Å². The Labute approximate surface area is 115 Å². The van der Waals surface area contributed by atoms with Crippen LogP contribution in [0.1, 0.15) is 44.6 Å². The molecular weight excluding hydrogens is 266 g/mol. The Morgan fingerprint density at radius 1 is 1.37 bits per heavy atom. The summed E-state index contributed by atoms with van der Waals surface area (Å²) in [4.78, 5) is 0.111. The highest BCUT2D eigenvalue weighted by Gasteiger charge is 2.20. The number of aliphatic hydroxyl groups is 1. The Morgan fingerprint density at radius 2 is 2.05 bits per heavy atom. The van der Waals surface area contributed by atoms with E-state index in [1.54, 1.807) is 6.92 Å². The molecule has 0 aliphatic rings. The van der Waals surface area contributed by atoms with Crippen molar-refractivity contribution in [2.24, 2.45) is 5.92 Å². The highest BCUT2D eigenvalue weighted by Crippen LogP contribution is 2.19. The van der Waals surface area contributed by atoms with E-state index in [0.717, 1.165) is 19.3 Å². The SMILES string of the molecule is Cc1oc(CO)cc1S(=O)(=O)NCCCCC(C)C. The molecule has 0 radical (unpaired) electrons. The van der Waals surface area contributed by atoms with E-state index in [-0.39, 0.29) is 17.3 Å². The molecule has 0 amide bonds. The molecular formula is C13H23NO4S. The van der Waals surface area contributed by atoms with Crippen molar-refractivity contribution in [1.82, 2.24) is 4.72 Å². The van der Waals surface area contributed by atoms with Gasteiger partial charge < -0.3 is 9.52 Å². The van der Waals surface area contributed by atoms with Crippen molar-refractivity contribution in [3.8, 4) is 0 Å². The standard InChI is InChI=1S/C13H23NO4S/c1-10(2)6-4-5-7-14-19(16,17)13-8-12(9-15)18-11(13)3/h8,10,14-15H,4-7,9H2,1-3H3. The lowest BCUT2D eigenvalue weighted by molar-refractivity contribution is 0.244. The number of aliphatic hydroxyl groups excluding tert-OH is 1. The van der Waals surface area contributed by atoms with Crippen LogP contribution in [0.5, 0.6) is 0 Å². The minimum absolute atomic E-state index is 0.111. The van der Waals surface area contributed by atoms with Gasteiger partial charge in [0.1, 0.15) is 23.0 Å². The Balaban J connectivity index is 2.53. The second-order valence-corrected chi connectivity index (χ2v) is 6.81. The summed E-state index contributed by atoms with van der Waals surface area (Å²) < 4.78 is 31.8. The van der Waals surface area contributed by atoms with Crippen molar-refractivity contribution in [3.05, 3.63) is 17.6 Å². The maximum absolute atomic E-state index is 12.0. The number of unbranched alkanes of at least 4 members (excludes halogenated alkanes) is 1. The van der Waals surface area contributed by atoms with Crippen LogP contribution in [0.15, 0.2) is 15.4 Å². The fraction of sp³-hybridized carbons (Fsp3) is 0.692. The molecule has 1 aromatic rings. The maximum atomic E-state index is 12.0. The molecule has 0 fully saturated rings. The minimum atomic E-state index is -3.54. The smallest absolute Gasteiger partial charge is 0.244 e. The lowest BCUT2D eigenvalue weighted by Gasteiger charge is -2.06. The zero-order valence-electron chi connectivity index (χ0n) is 11.8. The van der Waals surface area contributed by atoms with Gasteiger partial charge in [-0.25, -0.2) is 13.1 Å². The predicted molar refractivity (Wildman–Crippen MR) is 73.2 cm³/mol. The summed E-state index contributed by atoms with van der Waals surface area (Å²) in [6, 6.07) is 1.37. The van der Waals surface area contributed by atoms with Crippen LogP contribution in [0, 0.1) is 12.8 Å². The third-order valence-electron chi connectivity index (χ3n) is 2.87. The highest BCUT2D eigenvalue weighted by molar-refractivity contribution is 7.89. The van der Waals surface area contributed by atoms with Gasteiger partial charge in [0.15, 0.2) is 0 Å². The third-order valence-corrected chi connectivity index (χ3v) is 4.44. The summed E-state index contributed by atoms with van der Waals surface area (Å²) in [5.41, 5.74) is 0. The van der Waals surface area contributed by atoms with Crippen molar-refractivity contribution in [2.45, 2.75) is 51.5 Å². The summed E-state index contributed by atoms with van der Waals surface area (Å²) in [7, 11) is -3.54. The van der Waals surface area contributed by atoms with Gasteiger partial charge in [0.25, 0.3) is 0 Å². The average Bonchev–Trinajstić information content (AvgIpc) is 2.70. The van der Waals surface area contributed by atoms with Crippen LogP contribution in [-0.2, 0) is 16.6 Å². The maximum Gasteiger partial charge on any atom is 0.244 e. The molecule has 0 saturated heterocycles. The molecule has 19 heavy (non-hydrogen) atoms. The van der Waals surface area contributed by atoms with Gasteiger partial charge in [-0.15, -0.1) is 0 Å². The van der Waals surface area contributed by atoms with Crippen molar-refractivity contribution >= 4 is 10.0 Å². The van der Waals surface area contributed by atoms with E-state index in [9.17, 15) is 8.42 Å². The summed E-state index contributed by atoms with van der Waals surface area (Å²) >= 11 is 0. The van der Waals surface area contributed by atoms with E-state index in [1.165, 1.54) is 6.07 Å². The van der Waals surface area contributed by atoms with Gasteiger partial charge in [-0.2, -0.15) is 0 Å². The molecule has 5 nitrogen and oxygen atoms in total. The van der Waals surface area contributed by atoms with Gasteiger partial charge >= 0.3 is 0 Å². The number of hydrogen-bond donors (Lipinski definition) is 2. The lowest BCUT2D eigenvalue weighted by Crippen LogP contribution is -2.25. The molecule has 0 unspecified atom stereocenters. The normalized spacial score (nSPS) is 12.3. The fourth-order valence-corrected chi connectivity index (χ4v) is 3.11. The van der Waals surface area contributed by atoms with Crippen molar-refractivity contribution in [3.63, 3.8) is 0 Å². The highest BCUT2D eigenvalue weighted by atomic mass is 32.2. The number of rotatable bonds is 8. The van der Waals surface area contributed by atoms with Crippen LogP contribution in [0.2, 0.25) is 0 Å². The van der Waals surface area contributed by atoms with Gasteiger partial charge in [0.05, 0.1) is 0 Å². The first-order valence-electron chi connectivity index (χ1n) is 6.56. The minimum Gasteiger partial charge on any atom is -0.462 e. The van der Waals surface area contributed by atoms with Crippen LogP contribution < -0.4 is 4.72 Å². The second-order valence-electron chi connectivity index (χ2n) is 5.08. The molecule has 110 valence electrons. The first-order valence-corrected chi connectivity index (χ1v) is 8.05. The van der Waals surface area contributed by atoms with Crippen LogP contribution in [0.25, 0.3) is 0 Å². The van der Waals surface area contributed by atoms with E-state index in [4.69, 9.17) is 9.52 Å². The molecule has 0 bridgehead atoms. The largest absolute Gasteiger partial charge is 0.462 e. The Morgan fingerprint density at radius 3 is 2.58 bits per heavy atom. The molecule has 0 aliphatic carbocycles. The van der Waals surface area contributed by atoms with Crippen molar-refractivity contribution < 1.29 is 17.9 Å². The molecule has 1 aromatic heterocycles. The lowest BCUT2D eigenvalue weighted by atomic mass is 10.1. The van der Waals surface area contributed by atoms with Gasteiger partial charge in [0, 0.05) is 12.6 Å². The van der Waals surface area contributed by atoms with Crippen LogP contribution in [0.4, 0.5) is 0 Å². The molecule has 0 saturated carbocycles. The number of aryl methyl sites for hydroxylation is 1. The van der Waals surface area contributed by atoms with E-state index in [1.807, 2.05) is 0 Å². The molecule has 1 rings (SSSR count). The molecule has 1 heterocycles. The van der Waals surface area contributed by atoms with E-state index in [0.29, 0.717) is 18.2 Å². The molecule has 0 spiro atoms. The monoisotopic (exact) mass is 289 g/mol. The van der Waals surface area contributed by atoms with Crippen molar-refractivity contribution in [1.29, 1.82) is 0 Å².